The van der Waals surface area contributed by atoms with E-state index in [-0.39, 0.29) is 5.69 Å². The van der Waals surface area contributed by atoms with Crippen LogP contribution < -0.4 is 5.32 Å². The fourth-order valence-electron chi connectivity index (χ4n) is 1.32. The molecule has 94 valence electrons. The highest BCUT2D eigenvalue weighted by Crippen LogP contribution is 2.30. The second kappa shape index (κ2) is 5.41. The number of anilines is 1. The fourth-order valence-corrected chi connectivity index (χ4v) is 1.90. The molecule has 1 aromatic heterocycles. The molecule has 0 spiro atoms. The Kier molecular flexibility index (Phi) is 3.88. The topological polar surface area (TPSA) is 75.4 Å². The lowest BCUT2D eigenvalue weighted by atomic mass is 10.3. The Labute approximate surface area is 116 Å². The van der Waals surface area contributed by atoms with Crippen molar-refractivity contribution in [3.8, 4) is 0 Å². The van der Waals surface area contributed by atoms with Gasteiger partial charge in [0.25, 0.3) is 0 Å². The zero-order chi connectivity index (χ0) is 13.1. The Bertz CT molecular complexity index is 585. The number of nitrogens with zero attached hydrogens (tertiary/aromatic N) is 1. The molecule has 5 nitrogen and oxygen atoms in total. The summed E-state index contributed by atoms with van der Waals surface area (Å²) in [4.78, 5) is 10.6. The molecule has 1 heterocycles. The van der Waals surface area contributed by atoms with E-state index in [1.807, 2.05) is 6.07 Å². The fraction of sp³-hybridized carbons (Fsp3) is 0.0909. The third-order valence-electron chi connectivity index (χ3n) is 2.18. The molecule has 0 aliphatic heterocycles. The number of rotatable bonds is 4. The first-order chi connectivity index (χ1) is 8.58. The summed E-state index contributed by atoms with van der Waals surface area (Å²) >= 11 is 9.29. The third-order valence-corrected chi connectivity index (χ3v) is 3.58. The number of carboxylic acid groups (broad SMARTS) is 1. The van der Waals surface area contributed by atoms with E-state index in [9.17, 15) is 4.79 Å². The van der Waals surface area contributed by atoms with Gasteiger partial charge in [0.05, 0.1) is 21.7 Å². The van der Waals surface area contributed by atoms with Crippen LogP contribution in [0.4, 0.5) is 5.69 Å². The smallest absolute Gasteiger partial charge is 0.358 e. The Morgan fingerprint density at radius 2 is 2.33 bits per heavy atom. The lowest BCUT2D eigenvalue weighted by Gasteiger charge is -2.07. The van der Waals surface area contributed by atoms with E-state index < -0.39 is 5.97 Å². The highest BCUT2D eigenvalue weighted by Gasteiger charge is 2.11. The largest absolute Gasteiger partial charge is 0.476 e. The number of hydrogen-bond acceptors (Lipinski definition) is 4. The maximum absolute atomic E-state index is 10.6. The summed E-state index contributed by atoms with van der Waals surface area (Å²) in [5.41, 5.74) is 0.674. The summed E-state index contributed by atoms with van der Waals surface area (Å²) in [5.74, 6) is -0.687. The van der Waals surface area contributed by atoms with Gasteiger partial charge in [0.1, 0.15) is 0 Å². The molecule has 0 aliphatic rings. The van der Waals surface area contributed by atoms with Crippen LogP contribution in [-0.2, 0) is 6.54 Å². The molecule has 7 heteroatoms. The quantitative estimate of drug-likeness (QED) is 0.898. The van der Waals surface area contributed by atoms with Crippen molar-refractivity contribution >= 4 is 39.2 Å². The van der Waals surface area contributed by atoms with Crippen LogP contribution in [0.2, 0.25) is 5.02 Å². The molecule has 0 atom stereocenters. The number of carbonyl (C=O) groups is 1. The zero-order valence-corrected chi connectivity index (χ0v) is 11.3. The van der Waals surface area contributed by atoms with Gasteiger partial charge in [-0.25, -0.2) is 4.79 Å². The highest BCUT2D eigenvalue weighted by molar-refractivity contribution is 9.10. The van der Waals surface area contributed by atoms with Crippen molar-refractivity contribution in [1.29, 1.82) is 0 Å². The normalized spacial score (nSPS) is 10.3. The molecular formula is C11H8BrClN2O3. The van der Waals surface area contributed by atoms with Crippen LogP contribution in [0.1, 0.15) is 16.2 Å². The SMILES string of the molecule is O=C(O)c1cc(CNc2cccc(Cl)c2Br)on1. The number of aromatic nitrogens is 1. The second-order valence-corrected chi connectivity index (χ2v) is 4.64. The van der Waals surface area contributed by atoms with Gasteiger partial charge in [-0.15, -0.1) is 0 Å². The summed E-state index contributed by atoms with van der Waals surface area (Å²) in [6.45, 7) is 0.319. The van der Waals surface area contributed by atoms with Gasteiger partial charge in [-0.05, 0) is 28.1 Å². The summed E-state index contributed by atoms with van der Waals surface area (Å²) in [6, 6.07) is 6.77. The maximum Gasteiger partial charge on any atom is 0.358 e. The minimum absolute atomic E-state index is 0.114. The standard InChI is InChI=1S/C11H8BrClN2O3/c12-10-7(13)2-1-3-8(10)14-5-6-4-9(11(16)17)15-18-6/h1-4,14H,5H2,(H,16,17). The third kappa shape index (κ3) is 2.83. The van der Waals surface area contributed by atoms with Gasteiger partial charge < -0.3 is 14.9 Å². The van der Waals surface area contributed by atoms with E-state index in [0.29, 0.717) is 17.3 Å². The lowest BCUT2D eigenvalue weighted by molar-refractivity contribution is 0.0685. The highest BCUT2D eigenvalue weighted by atomic mass is 79.9. The number of hydrogen-bond donors (Lipinski definition) is 2. The molecule has 0 bridgehead atoms. The molecule has 18 heavy (non-hydrogen) atoms. The first kappa shape index (κ1) is 12.9. The predicted octanol–water partition coefficient (Wildman–Crippen LogP) is 3.40. The van der Waals surface area contributed by atoms with E-state index in [0.717, 1.165) is 10.2 Å². The van der Waals surface area contributed by atoms with Crippen LogP contribution in [-0.4, -0.2) is 16.2 Å². The van der Waals surface area contributed by atoms with Crippen LogP contribution in [0.3, 0.4) is 0 Å². The van der Waals surface area contributed by atoms with E-state index >= 15 is 0 Å². The monoisotopic (exact) mass is 330 g/mol. The minimum Gasteiger partial charge on any atom is -0.476 e. The van der Waals surface area contributed by atoms with Crippen molar-refractivity contribution in [1.82, 2.24) is 5.16 Å². The van der Waals surface area contributed by atoms with Crippen LogP contribution in [0.15, 0.2) is 33.3 Å². The van der Waals surface area contributed by atoms with E-state index in [2.05, 4.69) is 26.4 Å². The molecule has 0 amide bonds. The average Bonchev–Trinajstić information content (AvgIpc) is 2.80. The van der Waals surface area contributed by atoms with Crippen LogP contribution >= 0.6 is 27.5 Å². The summed E-state index contributed by atoms with van der Waals surface area (Å²) < 4.78 is 5.62. The van der Waals surface area contributed by atoms with Crippen LogP contribution in [0, 0.1) is 0 Å². The zero-order valence-electron chi connectivity index (χ0n) is 8.98. The number of nitrogens with one attached hydrogen (secondary N) is 1. The first-order valence-corrected chi connectivity index (χ1v) is 6.12. The molecule has 0 aliphatic carbocycles. The molecule has 0 unspecified atom stereocenters. The molecule has 1 aromatic carbocycles. The van der Waals surface area contributed by atoms with Gasteiger partial charge in [-0.3, -0.25) is 0 Å². The Morgan fingerprint density at radius 3 is 3.00 bits per heavy atom. The van der Waals surface area contributed by atoms with Crippen molar-refractivity contribution < 1.29 is 14.4 Å². The minimum atomic E-state index is -1.12. The number of halogens is 2. The molecule has 2 aromatic rings. The molecular weight excluding hydrogens is 323 g/mol. The molecule has 2 rings (SSSR count). The summed E-state index contributed by atoms with van der Waals surface area (Å²) in [7, 11) is 0. The van der Waals surface area contributed by atoms with Crippen molar-refractivity contribution in [2.45, 2.75) is 6.54 Å². The van der Waals surface area contributed by atoms with Gasteiger partial charge in [0.2, 0.25) is 0 Å². The molecule has 0 saturated heterocycles. The van der Waals surface area contributed by atoms with Crippen LogP contribution in [0.25, 0.3) is 0 Å². The number of carboxylic acids is 1. The van der Waals surface area contributed by atoms with Crippen LogP contribution in [0.5, 0.6) is 0 Å². The Balaban J connectivity index is 2.07. The van der Waals surface area contributed by atoms with Gasteiger partial charge in [0, 0.05) is 6.07 Å². The summed E-state index contributed by atoms with van der Waals surface area (Å²) in [6.07, 6.45) is 0. The second-order valence-electron chi connectivity index (χ2n) is 3.44. The average molecular weight is 332 g/mol. The van der Waals surface area contributed by atoms with Crippen molar-refractivity contribution in [3.63, 3.8) is 0 Å². The van der Waals surface area contributed by atoms with E-state index in [1.54, 1.807) is 12.1 Å². The Hall–Kier alpha value is -1.53. The molecule has 0 saturated carbocycles. The van der Waals surface area contributed by atoms with E-state index in [4.69, 9.17) is 21.2 Å². The van der Waals surface area contributed by atoms with Gasteiger partial charge >= 0.3 is 5.97 Å². The van der Waals surface area contributed by atoms with Gasteiger partial charge in [-0.2, -0.15) is 0 Å². The van der Waals surface area contributed by atoms with Gasteiger partial charge in [-0.1, -0.05) is 22.8 Å². The molecule has 2 N–H and O–H groups in total. The molecule has 0 radical (unpaired) electrons. The Morgan fingerprint density at radius 1 is 1.56 bits per heavy atom. The first-order valence-electron chi connectivity index (χ1n) is 4.94. The predicted molar refractivity (Wildman–Crippen MR) is 69.9 cm³/mol. The molecule has 0 fully saturated rings. The van der Waals surface area contributed by atoms with E-state index in [1.165, 1.54) is 6.07 Å². The van der Waals surface area contributed by atoms with Crippen molar-refractivity contribution in [2.24, 2.45) is 0 Å². The maximum atomic E-state index is 10.6. The van der Waals surface area contributed by atoms with Crippen molar-refractivity contribution in [2.75, 3.05) is 5.32 Å². The lowest BCUT2D eigenvalue weighted by Crippen LogP contribution is -1.99. The number of aromatic carboxylic acids is 1. The number of benzene rings is 1. The van der Waals surface area contributed by atoms with Gasteiger partial charge in [0.15, 0.2) is 11.5 Å². The summed E-state index contributed by atoms with van der Waals surface area (Å²) in [5, 5.41) is 15.8. The van der Waals surface area contributed by atoms with Crippen molar-refractivity contribution in [3.05, 3.63) is 45.2 Å².